The molecule has 2 fully saturated rings. The first-order valence-corrected chi connectivity index (χ1v) is 9.38. The van der Waals surface area contributed by atoms with E-state index in [9.17, 15) is 4.79 Å². The lowest BCUT2D eigenvalue weighted by molar-refractivity contribution is -0.129. The van der Waals surface area contributed by atoms with Gasteiger partial charge in [0.05, 0.1) is 17.0 Å². The second kappa shape index (κ2) is 7.04. The summed E-state index contributed by atoms with van der Waals surface area (Å²) >= 11 is 1.59. The highest BCUT2D eigenvalue weighted by Gasteiger charge is 2.31. The van der Waals surface area contributed by atoms with Crippen LogP contribution in [0, 0.1) is 0 Å². The van der Waals surface area contributed by atoms with Crippen molar-refractivity contribution in [2.75, 3.05) is 39.3 Å². The van der Waals surface area contributed by atoms with Crippen molar-refractivity contribution in [3.63, 3.8) is 0 Å². The molecule has 0 aliphatic carbocycles. The third-order valence-electron chi connectivity index (χ3n) is 4.80. The van der Waals surface area contributed by atoms with Crippen molar-refractivity contribution in [1.82, 2.24) is 20.1 Å². The molecule has 4 rings (SSSR count). The minimum absolute atomic E-state index is 0.152. The van der Waals surface area contributed by atoms with Gasteiger partial charge in [0.15, 0.2) is 0 Å². The molecule has 24 heavy (non-hydrogen) atoms. The smallest absolute Gasteiger partial charge is 0.236 e. The number of rotatable bonds is 4. The van der Waals surface area contributed by atoms with Gasteiger partial charge >= 0.3 is 0 Å². The van der Waals surface area contributed by atoms with Crippen LogP contribution in [-0.2, 0) is 11.2 Å². The van der Waals surface area contributed by atoms with Gasteiger partial charge in [-0.2, -0.15) is 0 Å². The first-order chi connectivity index (χ1) is 11.8. The molecule has 2 aliphatic heterocycles. The molecule has 128 valence electrons. The Morgan fingerprint density at radius 3 is 3.04 bits per heavy atom. The molecule has 4 heterocycles. The lowest BCUT2D eigenvalue weighted by Crippen LogP contribution is -2.49. The van der Waals surface area contributed by atoms with Crippen LogP contribution >= 0.6 is 11.3 Å². The van der Waals surface area contributed by atoms with E-state index in [2.05, 4.69) is 15.2 Å². The minimum atomic E-state index is 0.152. The third kappa shape index (κ3) is 3.38. The number of oxazole rings is 1. The maximum atomic E-state index is 12.6. The number of hydrogen-bond donors (Lipinski definition) is 1. The number of nitrogens with zero attached hydrogens (tertiary/aromatic N) is 3. The Morgan fingerprint density at radius 1 is 1.38 bits per heavy atom. The van der Waals surface area contributed by atoms with E-state index in [-0.39, 0.29) is 5.91 Å². The molecular formula is C17H22N4O2S. The number of aromatic nitrogens is 1. The van der Waals surface area contributed by atoms with Gasteiger partial charge in [-0.1, -0.05) is 6.07 Å². The first kappa shape index (κ1) is 15.8. The summed E-state index contributed by atoms with van der Waals surface area (Å²) in [6.45, 7) is 5.96. The summed E-state index contributed by atoms with van der Waals surface area (Å²) in [5, 5.41) is 5.37. The molecule has 1 unspecified atom stereocenters. The van der Waals surface area contributed by atoms with Crippen LogP contribution in [0.2, 0.25) is 0 Å². The number of piperazine rings is 1. The summed E-state index contributed by atoms with van der Waals surface area (Å²) in [6, 6.07) is 4.45. The zero-order valence-electron chi connectivity index (χ0n) is 13.6. The van der Waals surface area contributed by atoms with E-state index in [1.807, 2.05) is 22.4 Å². The SMILES string of the molecule is O=C(Cc1coc(-c2cccs2)n1)N1CCC(N2CCNCC2)C1. The second-order valence-electron chi connectivity index (χ2n) is 6.37. The number of nitrogens with one attached hydrogen (secondary N) is 1. The van der Waals surface area contributed by atoms with E-state index in [1.165, 1.54) is 0 Å². The van der Waals surface area contributed by atoms with Crippen LogP contribution in [-0.4, -0.2) is 66.0 Å². The number of carbonyl (C=O) groups excluding carboxylic acids is 1. The normalized spacial score (nSPS) is 22.2. The van der Waals surface area contributed by atoms with Crippen molar-refractivity contribution >= 4 is 17.2 Å². The van der Waals surface area contributed by atoms with E-state index < -0.39 is 0 Å². The standard InChI is InChI=1S/C17H22N4O2S/c22-16(10-13-12-23-17(19-13)15-2-1-9-24-15)21-6-3-14(11-21)20-7-4-18-5-8-20/h1-2,9,12,14,18H,3-8,10-11H2. The van der Waals surface area contributed by atoms with Crippen LogP contribution in [0.25, 0.3) is 10.8 Å². The molecule has 0 saturated carbocycles. The molecule has 2 aliphatic rings. The van der Waals surface area contributed by atoms with Gasteiger partial charge in [-0.25, -0.2) is 4.98 Å². The van der Waals surface area contributed by atoms with Gasteiger partial charge in [0, 0.05) is 45.3 Å². The Bertz CT molecular complexity index is 679. The molecule has 2 saturated heterocycles. The summed E-state index contributed by atoms with van der Waals surface area (Å²) in [5.41, 5.74) is 0.717. The number of amides is 1. The number of thiophene rings is 1. The maximum Gasteiger partial charge on any atom is 0.236 e. The molecule has 0 radical (unpaired) electrons. The largest absolute Gasteiger partial charge is 0.444 e. The van der Waals surface area contributed by atoms with Crippen molar-refractivity contribution in [2.45, 2.75) is 18.9 Å². The number of carbonyl (C=O) groups is 1. The van der Waals surface area contributed by atoms with Crippen molar-refractivity contribution in [3.05, 3.63) is 29.5 Å². The average molecular weight is 346 g/mol. The summed E-state index contributed by atoms with van der Waals surface area (Å²) in [6.07, 6.45) is 3.00. The van der Waals surface area contributed by atoms with Crippen LogP contribution in [0.1, 0.15) is 12.1 Å². The van der Waals surface area contributed by atoms with Crippen molar-refractivity contribution in [2.24, 2.45) is 0 Å². The van der Waals surface area contributed by atoms with Gasteiger partial charge in [-0.05, 0) is 17.9 Å². The Morgan fingerprint density at radius 2 is 2.25 bits per heavy atom. The number of likely N-dealkylation sites (tertiary alicyclic amines) is 1. The third-order valence-corrected chi connectivity index (χ3v) is 5.66. The van der Waals surface area contributed by atoms with Gasteiger partial charge < -0.3 is 14.6 Å². The van der Waals surface area contributed by atoms with E-state index in [4.69, 9.17) is 4.42 Å². The molecule has 6 nitrogen and oxygen atoms in total. The summed E-state index contributed by atoms with van der Waals surface area (Å²) in [5.74, 6) is 0.756. The average Bonchev–Trinajstić information content (AvgIpc) is 3.36. The van der Waals surface area contributed by atoms with Gasteiger partial charge in [0.2, 0.25) is 11.8 Å². The quantitative estimate of drug-likeness (QED) is 0.908. The van der Waals surface area contributed by atoms with Gasteiger partial charge in [-0.15, -0.1) is 11.3 Å². The van der Waals surface area contributed by atoms with Crippen LogP contribution in [0.5, 0.6) is 0 Å². The van der Waals surface area contributed by atoms with Gasteiger partial charge in [0.25, 0.3) is 0 Å². The van der Waals surface area contributed by atoms with Crippen LogP contribution in [0.15, 0.2) is 28.2 Å². The predicted octanol–water partition coefficient (Wildman–Crippen LogP) is 1.45. The van der Waals surface area contributed by atoms with Crippen molar-refractivity contribution in [1.29, 1.82) is 0 Å². The molecule has 1 N–H and O–H groups in total. The van der Waals surface area contributed by atoms with E-state index in [0.717, 1.165) is 50.6 Å². The molecule has 2 aromatic heterocycles. The Kier molecular flexibility index (Phi) is 4.64. The molecule has 7 heteroatoms. The summed E-state index contributed by atoms with van der Waals surface area (Å²) < 4.78 is 5.50. The van der Waals surface area contributed by atoms with Crippen molar-refractivity contribution in [3.8, 4) is 10.8 Å². The fourth-order valence-electron chi connectivity index (χ4n) is 3.48. The summed E-state index contributed by atoms with van der Waals surface area (Å²) in [7, 11) is 0. The highest BCUT2D eigenvalue weighted by atomic mass is 32.1. The molecule has 0 bridgehead atoms. The monoisotopic (exact) mass is 346 g/mol. The van der Waals surface area contributed by atoms with E-state index in [1.54, 1.807) is 17.6 Å². The highest BCUT2D eigenvalue weighted by molar-refractivity contribution is 7.13. The fraction of sp³-hybridized carbons (Fsp3) is 0.529. The fourth-order valence-corrected chi connectivity index (χ4v) is 4.14. The predicted molar refractivity (Wildman–Crippen MR) is 92.9 cm³/mol. The molecule has 0 spiro atoms. The van der Waals surface area contributed by atoms with Crippen LogP contribution in [0.3, 0.4) is 0 Å². The molecule has 2 aromatic rings. The summed E-state index contributed by atoms with van der Waals surface area (Å²) in [4.78, 5) is 22.5. The molecule has 1 amide bonds. The topological polar surface area (TPSA) is 61.6 Å². The van der Waals surface area contributed by atoms with Crippen LogP contribution in [0.4, 0.5) is 0 Å². The molecule has 0 aromatic carbocycles. The zero-order chi connectivity index (χ0) is 16.4. The molecular weight excluding hydrogens is 324 g/mol. The Hall–Kier alpha value is -1.70. The van der Waals surface area contributed by atoms with E-state index >= 15 is 0 Å². The number of hydrogen-bond acceptors (Lipinski definition) is 6. The van der Waals surface area contributed by atoms with E-state index in [0.29, 0.717) is 24.0 Å². The van der Waals surface area contributed by atoms with Gasteiger partial charge in [-0.3, -0.25) is 9.69 Å². The lowest BCUT2D eigenvalue weighted by atomic mass is 10.2. The Balaban J connectivity index is 1.33. The lowest BCUT2D eigenvalue weighted by Gasteiger charge is -2.32. The molecule has 1 atom stereocenters. The van der Waals surface area contributed by atoms with Crippen LogP contribution < -0.4 is 5.32 Å². The maximum absolute atomic E-state index is 12.6. The first-order valence-electron chi connectivity index (χ1n) is 8.50. The Labute approximate surface area is 145 Å². The van der Waals surface area contributed by atoms with Gasteiger partial charge in [0.1, 0.15) is 6.26 Å². The van der Waals surface area contributed by atoms with Crippen molar-refractivity contribution < 1.29 is 9.21 Å². The highest BCUT2D eigenvalue weighted by Crippen LogP contribution is 2.24. The zero-order valence-corrected chi connectivity index (χ0v) is 14.4. The second-order valence-corrected chi connectivity index (χ2v) is 7.31. The minimum Gasteiger partial charge on any atom is -0.444 e.